The molecule has 3 aliphatic rings. The molecule has 0 saturated carbocycles. The number of para-hydroxylation sites is 2. The lowest BCUT2D eigenvalue weighted by Crippen LogP contribution is -2.47. The second-order valence-electron chi connectivity index (χ2n) is 11.3. The van der Waals surface area contributed by atoms with Crippen molar-refractivity contribution in [2.24, 2.45) is 5.92 Å². The van der Waals surface area contributed by atoms with Crippen LogP contribution >= 0.6 is 0 Å². The maximum atomic E-state index is 13.1. The van der Waals surface area contributed by atoms with Crippen molar-refractivity contribution in [2.75, 3.05) is 69.3 Å². The van der Waals surface area contributed by atoms with E-state index in [9.17, 15) is 4.79 Å². The number of fused-ring (bicyclic) bond motifs is 3. The van der Waals surface area contributed by atoms with Gasteiger partial charge >= 0.3 is 0 Å². The van der Waals surface area contributed by atoms with E-state index in [1.807, 2.05) is 12.1 Å². The summed E-state index contributed by atoms with van der Waals surface area (Å²) >= 11 is 0. The van der Waals surface area contributed by atoms with Gasteiger partial charge in [0, 0.05) is 58.8 Å². The van der Waals surface area contributed by atoms with E-state index in [0.717, 1.165) is 100 Å². The minimum atomic E-state index is -0.0244. The Hall–Kier alpha value is -3.40. The highest BCUT2D eigenvalue weighted by molar-refractivity contribution is 5.85. The highest BCUT2D eigenvalue weighted by Crippen LogP contribution is 2.30. The Morgan fingerprint density at radius 2 is 1.88 bits per heavy atom. The molecule has 0 spiro atoms. The smallest absolute Gasteiger partial charge is 0.224 e. The fraction of sp³-hybridized carbons (Fsp3) is 0.600. The van der Waals surface area contributed by atoms with Gasteiger partial charge in [-0.2, -0.15) is 0 Å². The predicted molar refractivity (Wildman–Crippen MR) is 157 cm³/mol. The summed E-state index contributed by atoms with van der Waals surface area (Å²) in [5.41, 5.74) is 3.01. The monoisotopic (exact) mass is 546 g/mol. The number of hydrogen-bond acceptors (Lipinski definition) is 8. The van der Waals surface area contributed by atoms with Gasteiger partial charge in [-0.25, -0.2) is 15.0 Å². The molecule has 0 bridgehead atoms. The van der Waals surface area contributed by atoms with Crippen LogP contribution < -0.4 is 19.9 Å². The Bertz CT molecular complexity index is 1300. The van der Waals surface area contributed by atoms with Crippen molar-refractivity contribution in [2.45, 2.75) is 51.5 Å². The highest BCUT2D eigenvalue weighted by Gasteiger charge is 2.29. The number of imidazole rings is 1. The van der Waals surface area contributed by atoms with Gasteiger partial charge in [-0.15, -0.1) is 0 Å². The molecule has 6 rings (SSSR count). The zero-order valence-electron chi connectivity index (χ0n) is 23.7. The summed E-state index contributed by atoms with van der Waals surface area (Å²) in [4.78, 5) is 34.5. The van der Waals surface area contributed by atoms with Crippen molar-refractivity contribution in [3.05, 3.63) is 36.4 Å². The maximum absolute atomic E-state index is 13.1. The average molecular weight is 547 g/mol. The Kier molecular flexibility index (Phi) is 8.32. The van der Waals surface area contributed by atoms with Gasteiger partial charge in [0.05, 0.1) is 18.7 Å². The third-order valence-electron chi connectivity index (χ3n) is 8.71. The van der Waals surface area contributed by atoms with Gasteiger partial charge < -0.3 is 24.4 Å². The number of carbonyl (C=O) groups excluding carboxylic acids is 1. The Morgan fingerprint density at radius 1 is 1.00 bits per heavy atom. The van der Waals surface area contributed by atoms with E-state index in [2.05, 4.69) is 46.7 Å². The number of benzene rings is 1. The van der Waals surface area contributed by atoms with Crippen LogP contribution in [-0.4, -0.2) is 89.8 Å². The summed E-state index contributed by atoms with van der Waals surface area (Å²) in [7, 11) is 1.73. The molecule has 2 saturated heterocycles. The summed E-state index contributed by atoms with van der Waals surface area (Å²) in [5, 5.41) is 3.23. The molecule has 1 aromatic carbocycles. The first kappa shape index (κ1) is 26.8. The molecule has 3 aliphatic heterocycles. The molecule has 0 unspecified atom stereocenters. The molecule has 214 valence electrons. The first-order valence-electron chi connectivity index (χ1n) is 15.0. The van der Waals surface area contributed by atoms with Crippen molar-refractivity contribution in [3.63, 3.8) is 0 Å². The van der Waals surface area contributed by atoms with E-state index < -0.39 is 0 Å². The Balaban J connectivity index is 0.976. The lowest BCUT2D eigenvalue weighted by atomic mass is 9.97. The number of aryl methyl sites for hydroxylation is 2. The molecule has 40 heavy (non-hydrogen) atoms. The zero-order chi connectivity index (χ0) is 27.3. The molecule has 10 nitrogen and oxygen atoms in total. The van der Waals surface area contributed by atoms with Crippen LogP contribution in [0.5, 0.6) is 5.75 Å². The first-order valence-corrected chi connectivity index (χ1v) is 15.0. The number of piperazine rings is 1. The van der Waals surface area contributed by atoms with E-state index in [4.69, 9.17) is 9.72 Å². The number of rotatable bonds is 8. The van der Waals surface area contributed by atoms with Gasteiger partial charge in [-0.3, -0.25) is 9.69 Å². The third kappa shape index (κ3) is 5.73. The van der Waals surface area contributed by atoms with Crippen LogP contribution in [0.2, 0.25) is 0 Å². The Morgan fingerprint density at radius 3 is 2.75 bits per heavy atom. The number of amides is 1. The molecule has 1 atom stereocenters. The quantitative estimate of drug-likeness (QED) is 0.431. The Labute approximate surface area is 236 Å². The standard InChI is InChI=1S/C30H42N8O2/c1-40-25-11-5-4-10-24(25)36-19-17-35(18-20-36)14-8-13-31-30(39)23-9-7-15-37(21-23)28-27-29(33-22-32-28)38-16-6-2-3-12-26(38)34-27/h4-5,10-11,22-23H,2-3,6-9,12-21H2,1H3,(H,31,39)/t23-/m0/s1. The summed E-state index contributed by atoms with van der Waals surface area (Å²) in [6.45, 7) is 8.30. The maximum Gasteiger partial charge on any atom is 0.224 e. The minimum Gasteiger partial charge on any atom is -0.495 e. The molecule has 0 aliphatic carbocycles. The van der Waals surface area contributed by atoms with Gasteiger partial charge in [0.1, 0.15) is 17.9 Å². The number of piperidine rings is 1. The molecular weight excluding hydrogens is 504 g/mol. The van der Waals surface area contributed by atoms with Crippen molar-refractivity contribution in [1.29, 1.82) is 0 Å². The fourth-order valence-corrected chi connectivity index (χ4v) is 6.50. The number of hydrogen-bond donors (Lipinski definition) is 1. The van der Waals surface area contributed by atoms with E-state index in [0.29, 0.717) is 13.1 Å². The normalized spacial score (nSPS) is 20.3. The van der Waals surface area contributed by atoms with Crippen LogP contribution in [0.25, 0.3) is 11.2 Å². The second-order valence-corrected chi connectivity index (χ2v) is 11.3. The molecule has 10 heteroatoms. The lowest BCUT2D eigenvalue weighted by molar-refractivity contribution is -0.125. The van der Waals surface area contributed by atoms with Gasteiger partial charge in [0.25, 0.3) is 0 Å². The highest BCUT2D eigenvalue weighted by atomic mass is 16.5. The predicted octanol–water partition coefficient (Wildman–Crippen LogP) is 3.11. The number of aromatic nitrogens is 4. The van der Waals surface area contributed by atoms with Crippen molar-refractivity contribution in [1.82, 2.24) is 29.7 Å². The number of methoxy groups -OCH3 is 1. The molecule has 2 fully saturated rings. The SMILES string of the molecule is COc1ccccc1N1CCN(CCCNC(=O)[C@H]2CCCN(c3ncnc4c3nc3n4CCCCC3)C2)CC1. The van der Waals surface area contributed by atoms with Gasteiger partial charge in [0.2, 0.25) is 5.91 Å². The topological polar surface area (TPSA) is 91.7 Å². The molecule has 5 heterocycles. The number of carbonyl (C=O) groups is 1. The minimum absolute atomic E-state index is 0.0244. The van der Waals surface area contributed by atoms with Crippen LogP contribution in [0.15, 0.2) is 30.6 Å². The van der Waals surface area contributed by atoms with Crippen molar-refractivity contribution >= 4 is 28.6 Å². The molecule has 2 aromatic heterocycles. The molecular formula is C30H42N8O2. The van der Waals surface area contributed by atoms with Crippen LogP contribution in [-0.2, 0) is 17.8 Å². The van der Waals surface area contributed by atoms with Crippen LogP contribution in [0.1, 0.15) is 44.3 Å². The molecule has 0 radical (unpaired) electrons. The summed E-state index contributed by atoms with van der Waals surface area (Å²) in [5.74, 6) is 3.08. The van der Waals surface area contributed by atoms with Crippen LogP contribution in [0.4, 0.5) is 11.5 Å². The first-order chi connectivity index (χ1) is 19.7. The van der Waals surface area contributed by atoms with Gasteiger partial charge in [-0.05, 0) is 50.8 Å². The summed E-state index contributed by atoms with van der Waals surface area (Å²) in [6.07, 6.45) is 9.11. The largest absolute Gasteiger partial charge is 0.495 e. The van der Waals surface area contributed by atoms with E-state index in [1.54, 1.807) is 13.4 Å². The van der Waals surface area contributed by atoms with Gasteiger partial charge in [-0.1, -0.05) is 18.6 Å². The molecule has 1 amide bonds. The van der Waals surface area contributed by atoms with E-state index in [-0.39, 0.29) is 11.8 Å². The lowest BCUT2D eigenvalue weighted by Gasteiger charge is -2.36. The van der Waals surface area contributed by atoms with Crippen LogP contribution in [0.3, 0.4) is 0 Å². The number of nitrogens with one attached hydrogen (secondary N) is 1. The van der Waals surface area contributed by atoms with E-state index in [1.165, 1.54) is 24.9 Å². The third-order valence-corrected chi connectivity index (χ3v) is 8.71. The van der Waals surface area contributed by atoms with Crippen molar-refractivity contribution < 1.29 is 9.53 Å². The second kappa shape index (κ2) is 12.4. The summed E-state index contributed by atoms with van der Waals surface area (Å²) < 4.78 is 7.82. The van der Waals surface area contributed by atoms with E-state index >= 15 is 0 Å². The summed E-state index contributed by atoms with van der Waals surface area (Å²) in [6, 6.07) is 8.24. The zero-order valence-corrected chi connectivity index (χ0v) is 23.7. The number of nitrogens with zero attached hydrogens (tertiary/aromatic N) is 7. The van der Waals surface area contributed by atoms with Crippen molar-refractivity contribution in [3.8, 4) is 5.75 Å². The fourth-order valence-electron chi connectivity index (χ4n) is 6.50. The average Bonchev–Trinajstić information content (AvgIpc) is 3.20. The number of anilines is 2. The molecule has 1 N–H and O–H groups in total. The molecule has 3 aromatic rings. The van der Waals surface area contributed by atoms with Crippen LogP contribution in [0, 0.1) is 5.92 Å². The number of ether oxygens (including phenoxy) is 1. The van der Waals surface area contributed by atoms with Gasteiger partial charge in [0.15, 0.2) is 17.0 Å².